The Hall–Kier alpha value is -1.36. The van der Waals surface area contributed by atoms with Gasteiger partial charge in [-0.1, -0.05) is 6.92 Å². The Labute approximate surface area is 116 Å². The molecule has 0 bridgehead atoms. The van der Waals surface area contributed by atoms with Gasteiger partial charge in [0.05, 0.1) is 18.4 Å². The molecule has 0 aromatic carbocycles. The molecule has 0 aliphatic heterocycles. The van der Waals surface area contributed by atoms with Crippen LogP contribution >= 0.6 is 11.3 Å². The van der Waals surface area contributed by atoms with E-state index in [1.54, 1.807) is 11.3 Å². The predicted molar refractivity (Wildman–Crippen MR) is 73.9 cm³/mol. The summed E-state index contributed by atoms with van der Waals surface area (Å²) in [6, 6.07) is 4.01. The van der Waals surface area contributed by atoms with Crippen molar-refractivity contribution in [3.05, 3.63) is 21.9 Å². The van der Waals surface area contributed by atoms with Crippen LogP contribution in [0.4, 0.5) is 0 Å². The van der Waals surface area contributed by atoms with Gasteiger partial charge in [0.15, 0.2) is 0 Å². The first-order chi connectivity index (χ1) is 8.97. The smallest absolute Gasteiger partial charge is 0.307 e. The number of rotatable bonds is 4. The average Bonchev–Trinajstić information content (AvgIpc) is 2.92. The molecular weight excluding hydrogens is 262 g/mol. The normalized spacial score (nSPS) is 26.3. The number of carbonyl (C=O) groups is 2. The number of amides is 1. The minimum Gasteiger partial charge on any atom is -0.481 e. The lowest BCUT2D eigenvalue weighted by molar-refractivity contribution is -0.146. The number of hydrogen-bond acceptors (Lipinski definition) is 3. The van der Waals surface area contributed by atoms with E-state index in [4.69, 9.17) is 5.11 Å². The van der Waals surface area contributed by atoms with Gasteiger partial charge in [-0.15, -0.1) is 11.3 Å². The second-order valence-corrected chi connectivity index (χ2v) is 6.73. The fourth-order valence-electron chi connectivity index (χ4n) is 2.74. The molecule has 1 aromatic heterocycles. The Morgan fingerprint density at radius 1 is 1.37 bits per heavy atom. The van der Waals surface area contributed by atoms with E-state index in [1.807, 2.05) is 26.0 Å². The fraction of sp³-hybridized carbons (Fsp3) is 0.571. The van der Waals surface area contributed by atoms with Gasteiger partial charge in [0.1, 0.15) is 0 Å². The number of carbonyl (C=O) groups excluding carboxylic acids is 1. The molecule has 1 fully saturated rings. The third kappa shape index (κ3) is 3.35. The maximum absolute atomic E-state index is 12.1. The Bertz CT molecular complexity index is 483. The second kappa shape index (κ2) is 5.74. The van der Waals surface area contributed by atoms with Crippen molar-refractivity contribution in [2.45, 2.75) is 33.2 Å². The molecule has 4 nitrogen and oxygen atoms in total. The first-order valence-corrected chi connectivity index (χ1v) is 7.35. The summed E-state index contributed by atoms with van der Waals surface area (Å²) in [6.45, 7) is 4.52. The van der Waals surface area contributed by atoms with Crippen LogP contribution in [-0.2, 0) is 16.1 Å². The molecule has 1 aliphatic carbocycles. The van der Waals surface area contributed by atoms with Crippen molar-refractivity contribution >= 4 is 23.2 Å². The Morgan fingerprint density at radius 3 is 2.63 bits per heavy atom. The van der Waals surface area contributed by atoms with Gasteiger partial charge in [-0.25, -0.2) is 0 Å². The topological polar surface area (TPSA) is 66.4 Å². The van der Waals surface area contributed by atoms with Gasteiger partial charge in [-0.2, -0.15) is 0 Å². The average molecular weight is 281 g/mol. The monoisotopic (exact) mass is 281 g/mol. The third-order valence-corrected chi connectivity index (χ3v) is 4.69. The van der Waals surface area contributed by atoms with Crippen LogP contribution in [0.15, 0.2) is 12.1 Å². The van der Waals surface area contributed by atoms with E-state index < -0.39 is 11.9 Å². The van der Waals surface area contributed by atoms with Crippen LogP contribution in [0, 0.1) is 24.7 Å². The van der Waals surface area contributed by atoms with Gasteiger partial charge in [0, 0.05) is 9.75 Å². The molecule has 3 unspecified atom stereocenters. The number of thiophene rings is 1. The van der Waals surface area contributed by atoms with E-state index >= 15 is 0 Å². The highest BCUT2D eigenvalue weighted by Gasteiger charge is 2.40. The van der Waals surface area contributed by atoms with E-state index in [-0.39, 0.29) is 11.8 Å². The van der Waals surface area contributed by atoms with E-state index in [2.05, 4.69) is 5.32 Å². The number of aryl methyl sites for hydroxylation is 1. The molecule has 0 spiro atoms. The van der Waals surface area contributed by atoms with Crippen molar-refractivity contribution < 1.29 is 14.7 Å². The lowest BCUT2D eigenvalue weighted by Gasteiger charge is -2.15. The molecule has 2 N–H and O–H groups in total. The highest BCUT2D eigenvalue weighted by Crippen LogP contribution is 2.36. The molecular formula is C14H19NO3S. The zero-order chi connectivity index (χ0) is 14.0. The van der Waals surface area contributed by atoms with Crippen LogP contribution in [0.25, 0.3) is 0 Å². The number of hydrogen-bond donors (Lipinski definition) is 2. The third-order valence-electron chi connectivity index (χ3n) is 3.69. The summed E-state index contributed by atoms with van der Waals surface area (Å²) in [4.78, 5) is 25.6. The number of carboxylic acid groups (broad SMARTS) is 1. The fourth-order valence-corrected chi connectivity index (χ4v) is 3.57. The molecule has 2 rings (SSSR count). The highest BCUT2D eigenvalue weighted by atomic mass is 32.1. The predicted octanol–water partition coefficient (Wildman–Crippen LogP) is 2.42. The summed E-state index contributed by atoms with van der Waals surface area (Å²) in [5.41, 5.74) is 0. The van der Waals surface area contributed by atoms with Crippen molar-refractivity contribution in [3.8, 4) is 0 Å². The molecule has 1 aliphatic rings. The molecule has 0 saturated heterocycles. The summed E-state index contributed by atoms with van der Waals surface area (Å²) in [7, 11) is 0. The zero-order valence-corrected chi connectivity index (χ0v) is 12.0. The van der Waals surface area contributed by atoms with Gasteiger partial charge >= 0.3 is 5.97 Å². The molecule has 1 amide bonds. The van der Waals surface area contributed by atoms with E-state index in [1.165, 1.54) is 4.88 Å². The maximum Gasteiger partial charge on any atom is 0.307 e. The van der Waals surface area contributed by atoms with Crippen molar-refractivity contribution in [3.63, 3.8) is 0 Å². The molecule has 3 atom stereocenters. The van der Waals surface area contributed by atoms with Gasteiger partial charge < -0.3 is 10.4 Å². The molecule has 1 saturated carbocycles. The van der Waals surface area contributed by atoms with Gasteiger partial charge in [-0.3, -0.25) is 9.59 Å². The van der Waals surface area contributed by atoms with Gasteiger partial charge in [-0.05, 0) is 37.8 Å². The molecule has 1 aromatic rings. The van der Waals surface area contributed by atoms with Crippen LogP contribution in [0.2, 0.25) is 0 Å². The molecule has 5 heteroatoms. The van der Waals surface area contributed by atoms with Crippen LogP contribution in [-0.4, -0.2) is 17.0 Å². The lowest BCUT2D eigenvalue weighted by Crippen LogP contribution is -2.34. The Kier molecular flexibility index (Phi) is 4.24. The summed E-state index contributed by atoms with van der Waals surface area (Å²) < 4.78 is 0. The molecule has 1 heterocycles. The Balaban J connectivity index is 1.93. The quantitative estimate of drug-likeness (QED) is 0.890. The summed E-state index contributed by atoms with van der Waals surface area (Å²) in [5, 5.41) is 12.0. The maximum atomic E-state index is 12.1. The van der Waals surface area contributed by atoms with Crippen molar-refractivity contribution in [1.82, 2.24) is 5.32 Å². The minimum atomic E-state index is -0.850. The van der Waals surface area contributed by atoms with E-state index in [0.29, 0.717) is 25.3 Å². The summed E-state index contributed by atoms with van der Waals surface area (Å²) in [5.74, 6) is -1.58. The zero-order valence-electron chi connectivity index (χ0n) is 11.2. The van der Waals surface area contributed by atoms with Crippen LogP contribution in [0.3, 0.4) is 0 Å². The van der Waals surface area contributed by atoms with E-state index in [9.17, 15) is 9.59 Å². The van der Waals surface area contributed by atoms with Crippen LogP contribution in [0.1, 0.15) is 29.5 Å². The van der Waals surface area contributed by atoms with Crippen molar-refractivity contribution in [2.24, 2.45) is 17.8 Å². The Morgan fingerprint density at radius 2 is 2.05 bits per heavy atom. The lowest BCUT2D eigenvalue weighted by atomic mass is 9.95. The highest BCUT2D eigenvalue weighted by molar-refractivity contribution is 7.11. The van der Waals surface area contributed by atoms with Crippen LogP contribution < -0.4 is 5.32 Å². The number of aliphatic carboxylic acids is 1. The first kappa shape index (κ1) is 14.1. The second-order valence-electron chi connectivity index (χ2n) is 5.36. The van der Waals surface area contributed by atoms with E-state index in [0.717, 1.165) is 4.88 Å². The molecule has 0 radical (unpaired) electrons. The summed E-state index contributed by atoms with van der Waals surface area (Å²) >= 11 is 1.65. The van der Waals surface area contributed by atoms with Gasteiger partial charge in [0.25, 0.3) is 0 Å². The summed E-state index contributed by atoms with van der Waals surface area (Å²) in [6.07, 6.45) is 1.28. The van der Waals surface area contributed by atoms with Crippen LogP contribution in [0.5, 0.6) is 0 Å². The SMILES string of the molecule is Cc1ccc(CNC(=O)C2CC(C)CC2C(=O)O)s1. The number of nitrogens with one attached hydrogen (secondary N) is 1. The van der Waals surface area contributed by atoms with Crippen molar-refractivity contribution in [1.29, 1.82) is 0 Å². The number of carboxylic acids is 1. The van der Waals surface area contributed by atoms with Gasteiger partial charge in [0.2, 0.25) is 5.91 Å². The minimum absolute atomic E-state index is 0.122. The van der Waals surface area contributed by atoms with Crippen molar-refractivity contribution in [2.75, 3.05) is 0 Å². The molecule has 19 heavy (non-hydrogen) atoms. The first-order valence-electron chi connectivity index (χ1n) is 6.53. The standard InChI is InChI=1S/C14H19NO3S/c1-8-5-11(12(6-8)14(17)18)13(16)15-7-10-4-3-9(2)19-10/h3-4,8,11-12H,5-7H2,1-2H3,(H,15,16)(H,17,18). The molecule has 104 valence electrons. The largest absolute Gasteiger partial charge is 0.481 e.